The van der Waals surface area contributed by atoms with Gasteiger partial charge in [-0.15, -0.1) is 0 Å². The first-order chi connectivity index (χ1) is 26.1. The molecule has 7 rings (SSSR count). The van der Waals surface area contributed by atoms with E-state index in [0.29, 0.717) is 56.3 Å². The Bertz CT molecular complexity index is 1900. The first-order valence-electron chi connectivity index (χ1n) is 18.9. The minimum Gasteiger partial charge on any atom is -0.494 e. The fraction of sp³-hybridized carbons (Fsp3) is 0.463. The van der Waals surface area contributed by atoms with Gasteiger partial charge in [0, 0.05) is 69.2 Å². The molecule has 1 unspecified atom stereocenters. The number of ether oxygens (including phenoxy) is 1. The van der Waals surface area contributed by atoms with Crippen LogP contribution >= 0.6 is 0 Å². The van der Waals surface area contributed by atoms with E-state index in [4.69, 9.17) is 10.00 Å². The van der Waals surface area contributed by atoms with Crippen molar-refractivity contribution in [3.05, 3.63) is 88.5 Å². The molecule has 3 fully saturated rings. The van der Waals surface area contributed by atoms with E-state index in [1.54, 1.807) is 17.0 Å². The molecule has 3 amide bonds. The van der Waals surface area contributed by atoms with E-state index in [1.165, 1.54) is 11.6 Å². The molecule has 3 saturated heterocycles. The van der Waals surface area contributed by atoms with Crippen molar-refractivity contribution in [2.45, 2.75) is 63.1 Å². The number of piperidine rings is 2. The number of nitrogens with zero attached hydrogens (tertiary/aromatic N) is 5. The lowest BCUT2D eigenvalue weighted by Crippen LogP contribution is -2.56. The van der Waals surface area contributed by atoms with Crippen LogP contribution in [0.15, 0.2) is 60.7 Å². The molecule has 54 heavy (non-hydrogen) atoms. The molecule has 1 N–H and O–H groups in total. The van der Waals surface area contributed by atoms with Gasteiger partial charge in [-0.05, 0) is 111 Å². The highest BCUT2D eigenvalue weighted by atomic mass is 19.4. The number of alkyl halides is 3. The van der Waals surface area contributed by atoms with Gasteiger partial charge in [0.15, 0.2) is 0 Å². The van der Waals surface area contributed by atoms with Crippen LogP contribution in [-0.2, 0) is 22.2 Å². The number of rotatable bonds is 10. The van der Waals surface area contributed by atoms with Crippen molar-refractivity contribution in [2.75, 3.05) is 68.8 Å². The smallest absolute Gasteiger partial charge is 0.417 e. The van der Waals surface area contributed by atoms with E-state index in [2.05, 4.69) is 33.3 Å². The number of carbonyl (C=O) groups excluding carboxylic acids is 3. The van der Waals surface area contributed by atoms with E-state index >= 15 is 0 Å². The number of fused-ring (bicyclic) bond motifs is 1. The molecule has 0 aromatic heterocycles. The monoisotopic (exact) mass is 742 g/mol. The number of halogens is 3. The van der Waals surface area contributed by atoms with Crippen LogP contribution in [0.2, 0.25) is 0 Å². The minimum absolute atomic E-state index is 0.144. The molecule has 0 bridgehead atoms. The molecule has 10 nitrogen and oxygen atoms in total. The average Bonchev–Trinajstić information content (AvgIpc) is 3.18. The molecule has 0 aliphatic carbocycles. The van der Waals surface area contributed by atoms with Crippen molar-refractivity contribution in [2.24, 2.45) is 0 Å². The summed E-state index contributed by atoms with van der Waals surface area (Å²) in [5.74, 6) is 0.343. The Labute approximate surface area is 313 Å². The Hall–Kier alpha value is -5.09. The van der Waals surface area contributed by atoms with Gasteiger partial charge in [-0.1, -0.05) is 12.1 Å². The van der Waals surface area contributed by atoms with Crippen LogP contribution in [0.3, 0.4) is 0 Å². The average molecular weight is 743 g/mol. The number of unbranched alkanes of at least 4 members (excludes halogenated alkanes) is 1. The number of carbonyl (C=O) groups is 3. The minimum atomic E-state index is -4.56. The van der Waals surface area contributed by atoms with Crippen molar-refractivity contribution in [1.82, 2.24) is 15.1 Å². The zero-order valence-corrected chi connectivity index (χ0v) is 30.2. The number of benzene rings is 3. The summed E-state index contributed by atoms with van der Waals surface area (Å²) in [5, 5.41) is 11.5. The molecule has 4 aliphatic rings. The van der Waals surface area contributed by atoms with Crippen LogP contribution in [0.5, 0.6) is 5.75 Å². The van der Waals surface area contributed by atoms with Gasteiger partial charge in [0.05, 0.1) is 23.8 Å². The van der Waals surface area contributed by atoms with Gasteiger partial charge in [-0.2, -0.15) is 18.4 Å². The van der Waals surface area contributed by atoms with Crippen LogP contribution in [0, 0.1) is 11.3 Å². The normalized spacial score (nSPS) is 20.1. The number of piperazine rings is 1. The molecule has 4 aliphatic heterocycles. The third-order valence-electron chi connectivity index (χ3n) is 11.3. The Morgan fingerprint density at radius 2 is 1.50 bits per heavy atom. The van der Waals surface area contributed by atoms with Crippen molar-refractivity contribution >= 4 is 29.1 Å². The Morgan fingerprint density at radius 3 is 2.20 bits per heavy atom. The number of nitriles is 1. The Kier molecular flexibility index (Phi) is 11.1. The third kappa shape index (κ3) is 8.34. The molecule has 3 aromatic carbocycles. The lowest BCUT2D eigenvalue weighted by molar-refractivity contribution is -0.138. The number of anilines is 2. The maximum Gasteiger partial charge on any atom is 0.417 e. The Balaban J connectivity index is 0.799. The van der Waals surface area contributed by atoms with Crippen LogP contribution in [0.4, 0.5) is 24.5 Å². The number of hydrogen-bond acceptors (Lipinski definition) is 8. The third-order valence-corrected chi connectivity index (χ3v) is 11.3. The van der Waals surface area contributed by atoms with Gasteiger partial charge in [-0.3, -0.25) is 24.6 Å². The number of nitrogens with one attached hydrogen (secondary N) is 1. The summed E-state index contributed by atoms with van der Waals surface area (Å²) in [4.78, 5) is 45.6. The van der Waals surface area contributed by atoms with Gasteiger partial charge in [-0.25, -0.2) is 0 Å². The summed E-state index contributed by atoms with van der Waals surface area (Å²) >= 11 is 0. The van der Waals surface area contributed by atoms with E-state index < -0.39 is 17.8 Å². The van der Waals surface area contributed by atoms with Crippen LogP contribution < -0.4 is 19.9 Å². The predicted octanol–water partition coefficient (Wildman–Crippen LogP) is 5.75. The van der Waals surface area contributed by atoms with Crippen LogP contribution in [0.1, 0.15) is 77.1 Å². The molecule has 0 radical (unpaired) electrons. The van der Waals surface area contributed by atoms with Gasteiger partial charge in [0.25, 0.3) is 5.91 Å². The topological polar surface area (TPSA) is 109 Å². The molecule has 3 aromatic rings. The Morgan fingerprint density at radius 1 is 0.796 bits per heavy atom. The van der Waals surface area contributed by atoms with Crippen LogP contribution in [-0.4, -0.2) is 92.5 Å². The van der Waals surface area contributed by atoms with Gasteiger partial charge in [0.2, 0.25) is 11.8 Å². The van der Waals surface area contributed by atoms with E-state index in [0.717, 1.165) is 81.5 Å². The van der Waals surface area contributed by atoms with Crippen molar-refractivity contribution < 1.29 is 32.3 Å². The largest absolute Gasteiger partial charge is 0.494 e. The summed E-state index contributed by atoms with van der Waals surface area (Å²) in [6, 6.07) is 19.2. The molecule has 284 valence electrons. The van der Waals surface area contributed by atoms with Crippen LogP contribution in [0.25, 0.3) is 0 Å². The lowest BCUT2D eigenvalue weighted by atomic mass is 9.89. The second kappa shape index (κ2) is 16.1. The fourth-order valence-corrected chi connectivity index (χ4v) is 8.19. The van der Waals surface area contributed by atoms with Crippen molar-refractivity contribution in [3.63, 3.8) is 0 Å². The predicted molar refractivity (Wildman–Crippen MR) is 198 cm³/mol. The van der Waals surface area contributed by atoms with E-state index in [9.17, 15) is 27.6 Å². The van der Waals surface area contributed by atoms with E-state index in [-0.39, 0.29) is 29.7 Å². The summed E-state index contributed by atoms with van der Waals surface area (Å²) in [7, 11) is 0. The van der Waals surface area contributed by atoms with Crippen molar-refractivity contribution in [3.8, 4) is 11.8 Å². The number of hydrogen-bond donors (Lipinski definition) is 1. The quantitative estimate of drug-likeness (QED) is 0.207. The standard InChI is InChI=1S/C41H45F3N6O4/c42-41(43,44)36-26-33(6-3-31(36)27-45)48-17-13-29(14-18-48)28-4-8-34(9-5-28)54-24-2-1-16-47-20-22-49(23-21-47)32-7-10-35-30(25-32)15-19-50(40(35)53)37-11-12-38(51)46-39(37)52/h3-10,25-26,29,37H,1-2,11-24H2,(H,46,51,52). The highest BCUT2D eigenvalue weighted by Gasteiger charge is 2.38. The first-order valence-corrected chi connectivity index (χ1v) is 18.9. The van der Waals surface area contributed by atoms with Gasteiger partial charge in [0.1, 0.15) is 11.8 Å². The van der Waals surface area contributed by atoms with E-state index in [1.807, 2.05) is 29.2 Å². The molecule has 1 atom stereocenters. The summed E-state index contributed by atoms with van der Waals surface area (Å²) in [6.45, 7) is 7.13. The molecule has 4 heterocycles. The van der Waals surface area contributed by atoms with Gasteiger partial charge >= 0.3 is 6.18 Å². The second-order valence-corrected chi connectivity index (χ2v) is 14.6. The maximum atomic E-state index is 13.4. The van der Waals surface area contributed by atoms with Gasteiger partial charge < -0.3 is 19.4 Å². The molecule has 13 heteroatoms. The van der Waals surface area contributed by atoms with Crippen molar-refractivity contribution in [1.29, 1.82) is 5.26 Å². The SMILES string of the molecule is N#Cc1ccc(N2CCC(c3ccc(OCCCCN4CCN(c5ccc6c(c5)CCN(C5CCC(=O)NC5=O)C6=O)CC4)cc3)CC2)cc1C(F)(F)F. The maximum absolute atomic E-state index is 13.4. The lowest BCUT2D eigenvalue weighted by Gasteiger charge is -2.38. The highest BCUT2D eigenvalue weighted by Crippen LogP contribution is 2.37. The molecule has 0 saturated carbocycles. The summed E-state index contributed by atoms with van der Waals surface area (Å²) in [6.07, 6.45) is 0.372. The zero-order valence-electron chi connectivity index (χ0n) is 30.2. The second-order valence-electron chi connectivity index (χ2n) is 14.6. The summed E-state index contributed by atoms with van der Waals surface area (Å²) < 4.78 is 46.4. The molecule has 0 spiro atoms. The zero-order chi connectivity index (χ0) is 37.8. The highest BCUT2D eigenvalue weighted by molar-refractivity contribution is 6.04. The number of imide groups is 1. The molecular weight excluding hydrogens is 697 g/mol. The molecular formula is C41H45F3N6O4. The summed E-state index contributed by atoms with van der Waals surface area (Å²) in [5.41, 5.74) is 3.23. The fourth-order valence-electron chi connectivity index (χ4n) is 8.19. The number of amides is 3. The first kappa shape index (κ1) is 37.2.